The average molecular weight is 334 g/mol. The molecule has 2 unspecified atom stereocenters. The largest absolute Gasteiger partial charge is 0.504 e. The number of phenolic OH excluding ortho intramolecular Hbond substituents is 1. The lowest BCUT2D eigenvalue weighted by Gasteiger charge is -2.28. The monoisotopic (exact) mass is 334 g/mol. The summed E-state index contributed by atoms with van der Waals surface area (Å²) in [7, 11) is 1.36. The minimum absolute atomic E-state index is 0.110. The predicted octanol–water partition coefficient (Wildman–Crippen LogP) is 2.00. The van der Waals surface area contributed by atoms with E-state index in [1.165, 1.54) is 32.2 Å². The van der Waals surface area contributed by atoms with Crippen LogP contribution in [0.2, 0.25) is 0 Å². The number of aromatic hydroxyl groups is 1. The zero-order valence-electron chi connectivity index (χ0n) is 14.4. The van der Waals surface area contributed by atoms with Crippen LogP contribution >= 0.6 is 0 Å². The highest BCUT2D eigenvalue weighted by Gasteiger charge is 2.33. The van der Waals surface area contributed by atoms with E-state index in [2.05, 4.69) is 5.32 Å². The number of esters is 1. The molecule has 0 spiro atoms. The lowest BCUT2D eigenvalue weighted by atomic mass is 9.90. The number of hydrogen-bond donors (Lipinski definition) is 2. The average Bonchev–Trinajstić information content (AvgIpc) is 2.54. The van der Waals surface area contributed by atoms with E-state index in [9.17, 15) is 20.0 Å². The number of methoxy groups -OCH3 is 1. The molecule has 0 aliphatic carbocycles. The minimum atomic E-state index is -1.13. The van der Waals surface area contributed by atoms with Crippen LogP contribution in [0.4, 0.5) is 0 Å². The Morgan fingerprint density at radius 2 is 1.96 bits per heavy atom. The number of amides is 1. The molecule has 130 valence electrons. The van der Waals surface area contributed by atoms with Gasteiger partial charge in [-0.3, -0.25) is 4.79 Å². The van der Waals surface area contributed by atoms with E-state index in [1.54, 1.807) is 20.8 Å². The lowest BCUT2D eigenvalue weighted by Crippen LogP contribution is -2.52. The fourth-order valence-electron chi connectivity index (χ4n) is 1.79. The first-order chi connectivity index (χ1) is 11.2. The summed E-state index contributed by atoms with van der Waals surface area (Å²) in [5.41, 5.74) is -1.18. The van der Waals surface area contributed by atoms with Crippen molar-refractivity contribution < 1.29 is 24.2 Å². The Kier molecular flexibility index (Phi) is 6.18. The number of nitrogens with zero attached hydrogens (tertiary/aromatic N) is 1. The molecule has 2 N–H and O–H groups in total. The molecule has 0 radical (unpaired) electrons. The molecule has 0 aliphatic heterocycles. The molecule has 0 bridgehead atoms. The van der Waals surface area contributed by atoms with Crippen LogP contribution in [0.25, 0.3) is 0 Å². The molecule has 1 amide bonds. The van der Waals surface area contributed by atoms with Gasteiger partial charge in [-0.1, -0.05) is 19.9 Å². The molecular formula is C17H22N2O5. The number of nitriles is 1. The van der Waals surface area contributed by atoms with Crippen molar-refractivity contribution in [2.24, 2.45) is 5.92 Å². The van der Waals surface area contributed by atoms with Gasteiger partial charge in [0, 0.05) is 0 Å². The third-order valence-electron chi connectivity index (χ3n) is 3.86. The Morgan fingerprint density at radius 1 is 1.33 bits per heavy atom. The van der Waals surface area contributed by atoms with Crippen molar-refractivity contribution in [3.05, 3.63) is 23.8 Å². The summed E-state index contributed by atoms with van der Waals surface area (Å²) in [6.45, 7) is 6.59. The van der Waals surface area contributed by atoms with Crippen molar-refractivity contribution in [2.45, 2.75) is 39.3 Å². The molecule has 0 heterocycles. The number of benzene rings is 1. The maximum atomic E-state index is 12.2. The Balaban J connectivity index is 2.85. The second kappa shape index (κ2) is 7.68. The quantitative estimate of drug-likeness (QED) is 0.770. The summed E-state index contributed by atoms with van der Waals surface area (Å²) < 4.78 is 9.99. The van der Waals surface area contributed by atoms with Crippen molar-refractivity contribution in [1.82, 2.24) is 5.32 Å². The molecule has 1 rings (SSSR count). The number of rotatable bonds is 6. The fourth-order valence-corrected chi connectivity index (χ4v) is 1.79. The van der Waals surface area contributed by atoms with Crippen molar-refractivity contribution in [1.29, 1.82) is 5.26 Å². The number of carbonyl (C=O) groups is 2. The van der Waals surface area contributed by atoms with Crippen molar-refractivity contribution in [3.63, 3.8) is 0 Å². The van der Waals surface area contributed by atoms with Gasteiger partial charge in [-0.15, -0.1) is 0 Å². The molecule has 0 saturated heterocycles. The molecule has 1 aromatic carbocycles. The Labute approximate surface area is 141 Å². The second-order valence-corrected chi connectivity index (χ2v) is 5.86. The van der Waals surface area contributed by atoms with E-state index >= 15 is 0 Å². The van der Waals surface area contributed by atoms with Crippen molar-refractivity contribution >= 4 is 11.9 Å². The summed E-state index contributed by atoms with van der Waals surface area (Å²) in [5.74, 6) is -1.82. The summed E-state index contributed by atoms with van der Waals surface area (Å²) in [5, 5.41) is 21.7. The van der Waals surface area contributed by atoms with Gasteiger partial charge < -0.3 is 19.9 Å². The van der Waals surface area contributed by atoms with Crippen LogP contribution in [-0.2, 0) is 9.53 Å². The highest BCUT2D eigenvalue weighted by Crippen LogP contribution is 2.30. The van der Waals surface area contributed by atoms with Gasteiger partial charge in [0.05, 0.1) is 13.2 Å². The molecule has 0 saturated carbocycles. The van der Waals surface area contributed by atoms with E-state index in [0.29, 0.717) is 0 Å². The lowest BCUT2D eigenvalue weighted by molar-refractivity contribution is -0.130. The first-order valence-electron chi connectivity index (χ1n) is 7.46. The third kappa shape index (κ3) is 4.16. The topological polar surface area (TPSA) is 109 Å². The van der Waals surface area contributed by atoms with E-state index in [-0.39, 0.29) is 23.0 Å². The SMILES string of the molecule is COc1cccc(C(=O)OC(C)C(=O)NC(C)(C#N)C(C)C)c1O. The first-order valence-corrected chi connectivity index (χ1v) is 7.46. The number of phenols is 1. The van der Waals surface area contributed by atoms with Gasteiger partial charge in [0.15, 0.2) is 17.6 Å². The number of para-hydroxylation sites is 1. The summed E-state index contributed by atoms with van der Waals surface area (Å²) in [6, 6.07) is 6.41. The van der Waals surface area contributed by atoms with E-state index in [1.807, 2.05) is 6.07 Å². The van der Waals surface area contributed by atoms with Gasteiger partial charge in [0.1, 0.15) is 11.1 Å². The van der Waals surface area contributed by atoms with Crippen LogP contribution in [0.3, 0.4) is 0 Å². The highest BCUT2D eigenvalue weighted by atomic mass is 16.5. The molecule has 1 aromatic rings. The maximum Gasteiger partial charge on any atom is 0.342 e. The van der Waals surface area contributed by atoms with E-state index in [4.69, 9.17) is 9.47 Å². The van der Waals surface area contributed by atoms with E-state index < -0.39 is 23.5 Å². The van der Waals surface area contributed by atoms with Gasteiger partial charge in [-0.25, -0.2) is 4.79 Å². The number of ether oxygens (including phenoxy) is 2. The maximum absolute atomic E-state index is 12.2. The smallest absolute Gasteiger partial charge is 0.342 e. The number of carbonyl (C=O) groups excluding carboxylic acids is 2. The molecule has 24 heavy (non-hydrogen) atoms. The summed E-state index contributed by atoms with van der Waals surface area (Å²) in [4.78, 5) is 24.3. The Hall–Kier alpha value is -2.75. The second-order valence-electron chi connectivity index (χ2n) is 5.86. The molecule has 0 aliphatic rings. The minimum Gasteiger partial charge on any atom is -0.504 e. The summed E-state index contributed by atoms with van der Waals surface area (Å²) in [6.07, 6.45) is -1.13. The molecule has 2 atom stereocenters. The molecule has 7 heteroatoms. The van der Waals surface area contributed by atoms with Crippen LogP contribution in [0.5, 0.6) is 11.5 Å². The highest BCUT2D eigenvalue weighted by molar-refractivity contribution is 5.95. The van der Waals surface area contributed by atoms with Gasteiger partial charge in [0.25, 0.3) is 5.91 Å². The van der Waals surface area contributed by atoms with Crippen LogP contribution < -0.4 is 10.1 Å². The summed E-state index contributed by atoms with van der Waals surface area (Å²) >= 11 is 0. The number of hydrogen-bond acceptors (Lipinski definition) is 6. The van der Waals surface area contributed by atoms with Crippen molar-refractivity contribution in [3.8, 4) is 17.6 Å². The van der Waals surface area contributed by atoms with Crippen LogP contribution in [-0.4, -0.2) is 35.7 Å². The fraction of sp³-hybridized carbons (Fsp3) is 0.471. The molecule has 0 aromatic heterocycles. The third-order valence-corrected chi connectivity index (χ3v) is 3.86. The normalized spacial score (nSPS) is 14.2. The van der Waals surface area contributed by atoms with Gasteiger partial charge in [-0.05, 0) is 31.9 Å². The van der Waals surface area contributed by atoms with Crippen LogP contribution in [0.1, 0.15) is 38.1 Å². The zero-order valence-corrected chi connectivity index (χ0v) is 14.4. The molecule has 0 fully saturated rings. The van der Waals surface area contributed by atoms with Crippen molar-refractivity contribution in [2.75, 3.05) is 7.11 Å². The van der Waals surface area contributed by atoms with Crippen LogP contribution in [0, 0.1) is 17.2 Å². The van der Waals surface area contributed by atoms with Gasteiger partial charge in [-0.2, -0.15) is 5.26 Å². The van der Waals surface area contributed by atoms with Gasteiger partial charge >= 0.3 is 5.97 Å². The Bertz CT molecular complexity index is 665. The van der Waals surface area contributed by atoms with E-state index in [0.717, 1.165) is 0 Å². The molecule has 7 nitrogen and oxygen atoms in total. The van der Waals surface area contributed by atoms with Gasteiger partial charge in [0.2, 0.25) is 0 Å². The number of nitrogens with one attached hydrogen (secondary N) is 1. The molecular weight excluding hydrogens is 312 g/mol. The standard InChI is InChI=1S/C17H22N2O5/c1-10(2)17(4,9-18)19-15(21)11(3)24-16(22)12-7-6-8-13(23-5)14(12)20/h6-8,10-11,20H,1-5H3,(H,19,21). The Morgan fingerprint density at radius 3 is 2.46 bits per heavy atom. The predicted molar refractivity (Wildman–Crippen MR) is 86.5 cm³/mol. The first kappa shape index (κ1) is 19.3. The van der Waals surface area contributed by atoms with Crippen LogP contribution in [0.15, 0.2) is 18.2 Å². The zero-order chi connectivity index (χ0) is 18.5.